The predicted molar refractivity (Wildman–Crippen MR) is 61.6 cm³/mol. The van der Waals surface area contributed by atoms with Crippen LogP contribution in [0.5, 0.6) is 17.2 Å². The van der Waals surface area contributed by atoms with Crippen LogP contribution in [0, 0.1) is 5.41 Å². The minimum atomic E-state index is 0.0915. The van der Waals surface area contributed by atoms with Crippen LogP contribution in [0.2, 0.25) is 0 Å². The van der Waals surface area contributed by atoms with E-state index in [4.69, 9.17) is 25.4 Å². The normalized spacial score (nSPS) is 9.62. The standard InChI is InChI=1S/C11H16N2O3/c1-14-8-4-3-5-9(15-2)11(8)16-7-6-10(12)13/h3-5H,6-7H2,1-2H3,(H3,12,13). The number of benzene rings is 1. The van der Waals surface area contributed by atoms with Gasteiger partial charge in [0, 0.05) is 6.42 Å². The van der Waals surface area contributed by atoms with Crippen LogP contribution in [0.25, 0.3) is 0 Å². The zero-order chi connectivity index (χ0) is 12.0. The molecule has 0 saturated heterocycles. The molecule has 0 atom stereocenters. The van der Waals surface area contributed by atoms with Gasteiger partial charge >= 0.3 is 0 Å². The van der Waals surface area contributed by atoms with Gasteiger partial charge in [-0.25, -0.2) is 0 Å². The van der Waals surface area contributed by atoms with Gasteiger partial charge < -0.3 is 19.9 Å². The van der Waals surface area contributed by atoms with Crippen molar-refractivity contribution < 1.29 is 14.2 Å². The van der Waals surface area contributed by atoms with Crippen LogP contribution in [-0.2, 0) is 0 Å². The molecule has 0 amide bonds. The monoisotopic (exact) mass is 224 g/mol. The first-order valence-electron chi connectivity index (χ1n) is 4.85. The molecule has 5 heteroatoms. The van der Waals surface area contributed by atoms with Gasteiger partial charge in [0.2, 0.25) is 5.75 Å². The van der Waals surface area contributed by atoms with E-state index in [1.54, 1.807) is 26.4 Å². The zero-order valence-electron chi connectivity index (χ0n) is 9.45. The maximum atomic E-state index is 7.09. The van der Waals surface area contributed by atoms with Crippen molar-refractivity contribution in [3.8, 4) is 17.2 Å². The third-order valence-corrected chi connectivity index (χ3v) is 2.00. The molecule has 0 saturated carbocycles. The molecule has 1 aromatic rings. The molecule has 0 aromatic heterocycles. The van der Waals surface area contributed by atoms with Crippen LogP contribution in [0.1, 0.15) is 6.42 Å². The number of rotatable bonds is 6. The van der Waals surface area contributed by atoms with Crippen molar-refractivity contribution in [2.75, 3.05) is 20.8 Å². The number of methoxy groups -OCH3 is 2. The lowest BCUT2D eigenvalue weighted by molar-refractivity contribution is 0.281. The maximum absolute atomic E-state index is 7.09. The summed E-state index contributed by atoms with van der Waals surface area (Å²) in [5, 5.41) is 7.09. The first-order valence-corrected chi connectivity index (χ1v) is 4.85. The lowest BCUT2D eigenvalue weighted by atomic mass is 10.3. The minimum absolute atomic E-state index is 0.0915. The SMILES string of the molecule is COc1cccc(OC)c1OCCC(=N)N. The molecule has 0 aliphatic carbocycles. The Morgan fingerprint density at radius 1 is 1.25 bits per heavy atom. The summed E-state index contributed by atoms with van der Waals surface area (Å²) < 4.78 is 15.8. The summed E-state index contributed by atoms with van der Waals surface area (Å²) in [6.45, 7) is 0.325. The van der Waals surface area contributed by atoms with E-state index in [1.807, 2.05) is 6.07 Å². The first kappa shape index (κ1) is 12.2. The lowest BCUT2D eigenvalue weighted by Crippen LogP contribution is -2.14. The zero-order valence-corrected chi connectivity index (χ0v) is 9.45. The van der Waals surface area contributed by atoms with Crippen molar-refractivity contribution in [1.82, 2.24) is 0 Å². The van der Waals surface area contributed by atoms with Crippen LogP contribution in [0.3, 0.4) is 0 Å². The molecule has 0 aliphatic heterocycles. The fourth-order valence-corrected chi connectivity index (χ4v) is 1.22. The number of hydrogen-bond acceptors (Lipinski definition) is 4. The molecule has 0 spiro atoms. The van der Waals surface area contributed by atoms with Gasteiger partial charge in [0.05, 0.1) is 26.7 Å². The third-order valence-electron chi connectivity index (χ3n) is 2.00. The molecular formula is C11H16N2O3. The third kappa shape index (κ3) is 3.05. The summed E-state index contributed by atoms with van der Waals surface area (Å²) in [4.78, 5) is 0. The summed E-state index contributed by atoms with van der Waals surface area (Å²) >= 11 is 0. The minimum Gasteiger partial charge on any atom is -0.493 e. The van der Waals surface area contributed by atoms with Gasteiger partial charge in [-0.1, -0.05) is 6.07 Å². The van der Waals surface area contributed by atoms with Gasteiger partial charge in [0.1, 0.15) is 0 Å². The highest BCUT2D eigenvalue weighted by Crippen LogP contribution is 2.36. The largest absolute Gasteiger partial charge is 0.493 e. The van der Waals surface area contributed by atoms with Crippen molar-refractivity contribution in [3.63, 3.8) is 0 Å². The fourth-order valence-electron chi connectivity index (χ4n) is 1.22. The van der Waals surface area contributed by atoms with Crippen molar-refractivity contribution >= 4 is 5.84 Å². The van der Waals surface area contributed by atoms with Crippen LogP contribution in [0.4, 0.5) is 0 Å². The molecule has 0 unspecified atom stereocenters. The van der Waals surface area contributed by atoms with Crippen LogP contribution in [0.15, 0.2) is 18.2 Å². The van der Waals surface area contributed by atoms with Gasteiger partial charge in [-0.05, 0) is 12.1 Å². The van der Waals surface area contributed by atoms with E-state index in [0.717, 1.165) is 0 Å². The first-order chi connectivity index (χ1) is 7.69. The molecule has 16 heavy (non-hydrogen) atoms. The quantitative estimate of drug-likeness (QED) is 0.565. The van der Waals surface area contributed by atoms with Crippen molar-refractivity contribution in [2.24, 2.45) is 5.73 Å². The number of ether oxygens (including phenoxy) is 3. The second-order valence-electron chi connectivity index (χ2n) is 3.12. The summed E-state index contributed by atoms with van der Waals surface area (Å²) in [5.41, 5.74) is 5.24. The fraction of sp³-hybridized carbons (Fsp3) is 0.364. The number of nitrogens with one attached hydrogen (secondary N) is 1. The maximum Gasteiger partial charge on any atom is 0.203 e. The second kappa shape index (κ2) is 5.85. The van der Waals surface area contributed by atoms with Gasteiger partial charge in [-0.2, -0.15) is 0 Å². The molecule has 0 heterocycles. The highest BCUT2D eigenvalue weighted by Gasteiger charge is 2.10. The Labute approximate surface area is 94.6 Å². The Balaban J connectivity index is 2.78. The molecule has 5 nitrogen and oxygen atoms in total. The molecule has 1 aromatic carbocycles. The predicted octanol–water partition coefficient (Wildman–Crippen LogP) is 1.41. The molecular weight excluding hydrogens is 208 g/mol. The Kier molecular flexibility index (Phi) is 4.44. The van der Waals surface area contributed by atoms with Crippen molar-refractivity contribution in [3.05, 3.63) is 18.2 Å². The van der Waals surface area contributed by atoms with Gasteiger partial charge in [0.15, 0.2) is 11.5 Å². The van der Waals surface area contributed by atoms with Crippen LogP contribution >= 0.6 is 0 Å². The van der Waals surface area contributed by atoms with Crippen molar-refractivity contribution in [1.29, 1.82) is 5.41 Å². The molecule has 0 aliphatic rings. The van der Waals surface area contributed by atoms with E-state index < -0.39 is 0 Å². The summed E-state index contributed by atoms with van der Waals surface area (Å²) in [6.07, 6.45) is 0.376. The smallest absolute Gasteiger partial charge is 0.203 e. The van der Waals surface area contributed by atoms with Crippen LogP contribution in [-0.4, -0.2) is 26.7 Å². The molecule has 0 bridgehead atoms. The molecule has 3 N–H and O–H groups in total. The number of amidine groups is 1. The highest BCUT2D eigenvalue weighted by atomic mass is 16.5. The number of para-hydroxylation sites is 1. The Morgan fingerprint density at radius 2 is 1.81 bits per heavy atom. The van der Waals surface area contributed by atoms with E-state index in [2.05, 4.69) is 0 Å². The van der Waals surface area contributed by atoms with Gasteiger partial charge in [-0.15, -0.1) is 0 Å². The van der Waals surface area contributed by atoms with E-state index in [1.165, 1.54) is 0 Å². The molecule has 88 valence electrons. The topological polar surface area (TPSA) is 77.6 Å². The van der Waals surface area contributed by atoms with Gasteiger partial charge in [-0.3, -0.25) is 5.41 Å². The van der Waals surface area contributed by atoms with E-state index in [9.17, 15) is 0 Å². The summed E-state index contributed by atoms with van der Waals surface area (Å²) in [6, 6.07) is 5.38. The van der Waals surface area contributed by atoms with E-state index in [-0.39, 0.29) is 5.84 Å². The molecule has 0 fully saturated rings. The van der Waals surface area contributed by atoms with Gasteiger partial charge in [0.25, 0.3) is 0 Å². The average Bonchev–Trinajstić information content (AvgIpc) is 2.28. The average molecular weight is 224 g/mol. The Hall–Kier alpha value is -1.91. The Morgan fingerprint density at radius 3 is 2.25 bits per heavy atom. The Bertz CT molecular complexity index is 344. The molecule has 1 rings (SSSR count). The molecule has 0 radical (unpaired) electrons. The van der Waals surface area contributed by atoms with Crippen molar-refractivity contribution in [2.45, 2.75) is 6.42 Å². The van der Waals surface area contributed by atoms with E-state index in [0.29, 0.717) is 30.3 Å². The lowest BCUT2D eigenvalue weighted by Gasteiger charge is -2.13. The van der Waals surface area contributed by atoms with E-state index >= 15 is 0 Å². The number of hydrogen-bond donors (Lipinski definition) is 2. The number of nitrogens with two attached hydrogens (primary N) is 1. The second-order valence-corrected chi connectivity index (χ2v) is 3.12. The highest BCUT2D eigenvalue weighted by molar-refractivity contribution is 5.76. The summed E-state index contributed by atoms with van der Waals surface area (Å²) in [7, 11) is 3.12. The van der Waals surface area contributed by atoms with Crippen LogP contribution < -0.4 is 19.9 Å². The summed E-state index contributed by atoms with van der Waals surface area (Å²) in [5.74, 6) is 1.83.